The molecule has 0 aromatic heterocycles. The third-order valence-corrected chi connectivity index (χ3v) is 5.93. The molecule has 0 aromatic carbocycles. The van der Waals surface area contributed by atoms with E-state index >= 15 is 0 Å². The fraction of sp³-hybridized carbons (Fsp3) is 1.00. The molecule has 64 valence electrons. The van der Waals surface area contributed by atoms with E-state index < -0.39 is 0 Å². The van der Waals surface area contributed by atoms with Crippen LogP contribution >= 0.6 is 35.0 Å². The molecule has 0 unspecified atom stereocenters. The summed E-state index contributed by atoms with van der Waals surface area (Å²) in [6, 6.07) is 0. The van der Waals surface area contributed by atoms with E-state index in [0.717, 1.165) is 0 Å². The molecule has 0 nitrogen and oxygen atoms in total. The quantitative estimate of drug-likeness (QED) is 0.554. The second-order valence-electron chi connectivity index (χ2n) is 3.39. The Bertz CT molecular complexity index is 135. The van der Waals surface area contributed by atoms with Crippen molar-refractivity contribution in [1.82, 2.24) is 0 Å². The molecule has 0 saturated carbocycles. The number of rotatable bonds is 0. The smallest absolute Gasteiger partial charge is 0.0629 e. The molecule has 3 heteroatoms. The van der Waals surface area contributed by atoms with Gasteiger partial charge in [0.25, 0.3) is 0 Å². The number of hydrogen-bond donors (Lipinski definition) is 0. The predicted octanol–water partition coefficient (Wildman–Crippen LogP) is 3.26. The number of halogens is 2. The molecule has 0 aromatic rings. The molecule has 2 heterocycles. The van der Waals surface area contributed by atoms with Crippen LogP contribution in [0.2, 0.25) is 0 Å². The van der Waals surface area contributed by atoms with Crippen molar-refractivity contribution in [2.24, 2.45) is 0 Å². The zero-order chi connectivity index (χ0) is 7.84. The van der Waals surface area contributed by atoms with Gasteiger partial charge in [-0.15, -0.1) is 23.2 Å². The molecule has 0 N–H and O–H groups in total. The number of fused-ring (bicyclic) bond motifs is 2. The van der Waals surface area contributed by atoms with Crippen molar-refractivity contribution in [3.63, 3.8) is 0 Å². The van der Waals surface area contributed by atoms with Gasteiger partial charge in [0.1, 0.15) is 0 Å². The molecule has 0 radical (unpaired) electrons. The second kappa shape index (κ2) is 3.35. The van der Waals surface area contributed by atoms with E-state index in [4.69, 9.17) is 23.2 Å². The van der Waals surface area contributed by atoms with Crippen molar-refractivity contribution < 1.29 is 0 Å². The summed E-state index contributed by atoms with van der Waals surface area (Å²) in [5.41, 5.74) is 0. The average molecular weight is 211 g/mol. The van der Waals surface area contributed by atoms with Crippen LogP contribution < -0.4 is 0 Å². The maximum Gasteiger partial charge on any atom is 0.0629 e. The van der Waals surface area contributed by atoms with E-state index in [0.29, 0.717) is 10.5 Å². The van der Waals surface area contributed by atoms with Crippen molar-refractivity contribution >= 4 is 35.0 Å². The van der Waals surface area contributed by atoms with Gasteiger partial charge in [0.15, 0.2) is 0 Å². The van der Waals surface area contributed by atoms with Gasteiger partial charge in [0.05, 0.1) is 10.8 Å². The lowest BCUT2D eigenvalue weighted by Crippen LogP contribution is -2.24. The van der Waals surface area contributed by atoms with Crippen LogP contribution in [0.5, 0.6) is 0 Å². The molecular formula is C8H12Cl2S. The van der Waals surface area contributed by atoms with Crippen LogP contribution in [0, 0.1) is 0 Å². The number of thioether (sulfide) groups is 1. The van der Waals surface area contributed by atoms with E-state index in [1.165, 1.54) is 25.7 Å². The van der Waals surface area contributed by atoms with Crippen molar-refractivity contribution in [2.45, 2.75) is 46.9 Å². The normalized spacial score (nSPS) is 50.7. The molecule has 0 amide bonds. The highest BCUT2D eigenvalue weighted by Crippen LogP contribution is 2.46. The molecule has 2 bridgehead atoms. The van der Waals surface area contributed by atoms with Crippen molar-refractivity contribution in [1.29, 1.82) is 0 Å². The summed E-state index contributed by atoms with van der Waals surface area (Å²) < 4.78 is 0. The fourth-order valence-electron chi connectivity index (χ4n) is 1.93. The lowest BCUT2D eigenvalue weighted by atomic mass is 10.0. The highest BCUT2D eigenvalue weighted by Gasteiger charge is 2.42. The summed E-state index contributed by atoms with van der Waals surface area (Å²) >= 11 is 14.4. The molecule has 0 spiro atoms. The van der Waals surface area contributed by atoms with Gasteiger partial charge in [-0.05, 0) is 12.8 Å². The minimum absolute atomic E-state index is 0.229. The van der Waals surface area contributed by atoms with Gasteiger partial charge in [-0.25, -0.2) is 0 Å². The van der Waals surface area contributed by atoms with E-state index in [9.17, 15) is 0 Å². The first-order chi connectivity index (χ1) is 5.29. The maximum absolute atomic E-state index is 6.18. The summed E-state index contributed by atoms with van der Waals surface area (Å²) in [5.74, 6) is 0. The lowest BCUT2D eigenvalue weighted by molar-refractivity contribution is 0.565. The minimum atomic E-state index is 0.229. The first kappa shape index (κ1) is 8.52. The Kier molecular flexibility index (Phi) is 2.60. The van der Waals surface area contributed by atoms with E-state index in [2.05, 4.69) is 0 Å². The highest BCUT2D eigenvalue weighted by molar-refractivity contribution is 8.01. The molecule has 4 atom stereocenters. The van der Waals surface area contributed by atoms with Crippen LogP contribution in [0.25, 0.3) is 0 Å². The first-order valence-corrected chi connectivity index (χ1v) is 6.04. The van der Waals surface area contributed by atoms with E-state index in [1.807, 2.05) is 11.8 Å². The maximum atomic E-state index is 6.18. The number of hydrogen-bond acceptors (Lipinski definition) is 1. The Balaban J connectivity index is 2.10. The summed E-state index contributed by atoms with van der Waals surface area (Å²) in [4.78, 5) is 0. The highest BCUT2D eigenvalue weighted by atomic mass is 35.5. The predicted molar refractivity (Wildman–Crippen MR) is 52.9 cm³/mol. The number of alkyl halides is 2. The third-order valence-electron chi connectivity index (χ3n) is 2.59. The molecule has 0 aliphatic carbocycles. The summed E-state index contributed by atoms with van der Waals surface area (Å²) in [7, 11) is 0. The zero-order valence-electron chi connectivity index (χ0n) is 6.30. The molecule has 2 rings (SSSR count). The zero-order valence-corrected chi connectivity index (χ0v) is 8.63. The second-order valence-corrected chi connectivity index (χ2v) is 5.88. The summed E-state index contributed by atoms with van der Waals surface area (Å²) in [6.45, 7) is 0. The Labute approximate surface area is 82.0 Å². The Morgan fingerprint density at radius 1 is 0.909 bits per heavy atom. The van der Waals surface area contributed by atoms with E-state index in [-0.39, 0.29) is 10.8 Å². The van der Waals surface area contributed by atoms with Gasteiger partial charge in [-0.1, -0.05) is 12.8 Å². The fourth-order valence-corrected chi connectivity index (χ4v) is 4.76. The average Bonchev–Trinajstić information content (AvgIpc) is 2.31. The third kappa shape index (κ3) is 1.52. The SMILES string of the molecule is Cl[C@H]1[C@H](Cl)[C@H]2CCCC[C@H]1S2. The first-order valence-electron chi connectivity index (χ1n) is 4.22. The molecule has 2 aliphatic rings. The molecule has 2 fully saturated rings. The molecular weight excluding hydrogens is 199 g/mol. The Morgan fingerprint density at radius 2 is 1.36 bits per heavy atom. The monoisotopic (exact) mass is 210 g/mol. The van der Waals surface area contributed by atoms with Gasteiger partial charge in [-0.3, -0.25) is 0 Å². The van der Waals surface area contributed by atoms with Crippen molar-refractivity contribution in [3.8, 4) is 0 Å². The molecule has 11 heavy (non-hydrogen) atoms. The Morgan fingerprint density at radius 3 is 1.82 bits per heavy atom. The van der Waals surface area contributed by atoms with Gasteiger partial charge < -0.3 is 0 Å². The van der Waals surface area contributed by atoms with Gasteiger partial charge in [0.2, 0.25) is 0 Å². The van der Waals surface area contributed by atoms with Crippen LogP contribution in [0.15, 0.2) is 0 Å². The van der Waals surface area contributed by atoms with Gasteiger partial charge in [0, 0.05) is 10.5 Å². The lowest BCUT2D eigenvalue weighted by Gasteiger charge is -2.16. The van der Waals surface area contributed by atoms with Gasteiger partial charge >= 0.3 is 0 Å². The minimum Gasteiger partial charge on any atom is -0.152 e. The largest absolute Gasteiger partial charge is 0.152 e. The van der Waals surface area contributed by atoms with Crippen LogP contribution in [0.3, 0.4) is 0 Å². The van der Waals surface area contributed by atoms with Crippen LogP contribution in [0.1, 0.15) is 25.7 Å². The van der Waals surface area contributed by atoms with Crippen LogP contribution in [-0.4, -0.2) is 21.3 Å². The van der Waals surface area contributed by atoms with Crippen LogP contribution in [0.4, 0.5) is 0 Å². The Hall–Kier alpha value is 0.930. The van der Waals surface area contributed by atoms with Gasteiger partial charge in [-0.2, -0.15) is 11.8 Å². The van der Waals surface area contributed by atoms with Crippen molar-refractivity contribution in [2.75, 3.05) is 0 Å². The standard InChI is InChI=1S/C8H12Cl2S/c9-7-5-3-1-2-4-6(11-5)8(7)10/h5-8H,1-4H2/t5-,6-,7-,8-/m1/s1. The molecule has 2 saturated heterocycles. The topological polar surface area (TPSA) is 0 Å². The summed E-state index contributed by atoms with van der Waals surface area (Å²) in [6.07, 6.45) is 5.25. The molecule has 2 aliphatic heterocycles. The van der Waals surface area contributed by atoms with E-state index in [1.54, 1.807) is 0 Å². The summed E-state index contributed by atoms with van der Waals surface area (Å²) in [5, 5.41) is 1.75. The van der Waals surface area contributed by atoms with Crippen LogP contribution in [-0.2, 0) is 0 Å². The van der Waals surface area contributed by atoms with Crippen molar-refractivity contribution in [3.05, 3.63) is 0 Å².